The number of benzene rings is 2. The smallest absolute Gasteiger partial charge is 0.420 e. The zero-order valence-corrected chi connectivity index (χ0v) is 23.3. The molecule has 4 rings (SSSR count). The molecule has 0 spiro atoms. The maximum atomic E-state index is 14.0. The van der Waals surface area contributed by atoms with Gasteiger partial charge >= 0.3 is 12.3 Å². The molecule has 0 radical (unpaired) electrons. The number of carbonyl (C=O) groups excluding carboxylic acids is 1. The summed E-state index contributed by atoms with van der Waals surface area (Å²) in [6, 6.07) is 13.8. The first kappa shape index (κ1) is 28.5. The number of hydrogen-bond donors (Lipinski definition) is 1. The largest absolute Gasteiger partial charge is 0.456 e. The number of carbonyl (C=O) groups is 1. The number of hydrogen-bond acceptors (Lipinski definition) is 5. The third-order valence-electron chi connectivity index (χ3n) is 5.60. The molecule has 2 heterocycles. The van der Waals surface area contributed by atoms with Gasteiger partial charge in [0.25, 0.3) is 0 Å². The number of fused-ring (bicyclic) bond motifs is 1. The molecule has 0 aliphatic heterocycles. The van der Waals surface area contributed by atoms with Crippen LogP contribution in [-0.4, -0.2) is 30.3 Å². The van der Waals surface area contributed by atoms with Crippen molar-refractivity contribution in [2.24, 2.45) is 0 Å². The first-order valence-corrected chi connectivity index (χ1v) is 16.1. The number of para-hydroxylation sites is 1. The molecule has 7 nitrogen and oxygen atoms in total. The molecule has 0 saturated heterocycles. The fourth-order valence-electron chi connectivity index (χ4n) is 3.64. The predicted octanol–water partition coefficient (Wildman–Crippen LogP) is 8.42. The van der Waals surface area contributed by atoms with Crippen molar-refractivity contribution in [2.75, 3.05) is 11.9 Å². The zero-order valence-electron chi connectivity index (χ0n) is 21.5. The Labute approximate surface area is 229 Å². The van der Waals surface area contributed by atoms with Crippen LogP contribution < -0.4 is 14.8 Å². The maximum Gasteiger partial charge on any atom is 0.420 e. The van der Waals surface area contributed by atoms with E-state index in [1.165, 1.54) is 18.3 Å². The minimum absolute atomic E-state index is 0.0977. The van der Waals surface area contributed by atoms with Crippen LogP contribution >= 0.6 is 11.6 Å². The Morgan fingerprint density at radius 1 is 1.08 bits per heavy atom. The van der Waals surface area contributed by atoms with E-state index in [-0.39, 0.29) is 28.9 Å². The second kappa shape index (κ2) is 11.7. The molecule has 1 amide bonds. The number of nitrogens with zero attached hydrogens (tertiary/aromatic N) is 2. The SMILES string of the molecule is C[Si](C)(C)CCOCn1cc(Cl)c2c(Oc3ccc(NC(=O)Oc4ccccc4)cc3C(F)(F)F)ccnc21. The van der Waals surface area contributed by atoms with Crippen LogP contribution in [0.2, 0.25) is 30.7 Å². The van der Waals surface area contributed by atoms with Crippen molar-refractivity contribution in [1.29, 1.82) is 0 Å². The highest BCUT2D eigenvalue weighted by Gasteiger charge is 2.35. The molecule has 4 aromatic rings. The van der Waals surface area contributed by atoms with Gasteiger partial charge in [0.15, 0.2) is 0 Å². The van der Waals surface area contributed by atoms with Gasteiger partial charge in [-0.25, -0.2) is 9.78 Å². The summed E-state index contributed by atoms with van der Waals surface area (Å²) in [7, 11) is -1.27. The Morgan fingerprint density at radius 2 is 1.82 bits per heavy atom. The van der Waals surface area contributed by atoms with Gasteiger partial charge in [0.1, 0.15) is 35.2 Å². The Balaban J connectivity index is 1.56. The molecule has 0 atom stereocenters. The highest BCUT2D eigenvalue weighted by Crippen LogP contribution is 2.42. The summed E-state index contributed by atoms with van der Waals surface area (Å²) >= 11 is 6.44. The number of alkyl halides is 3. The number of rotatable bonds is 9. The van der Waals surface area contributed by atoms with Gasteiger partial charge in [-0.1, -0.05) is 49.4 Å². The average Bonchev–Trinajstić information content (AvgIpc) is 3.18. The van der Waals surface area contributed by atoms with Crippen molar-refractivity contribution in [3.8, 4) is 17.2 Å². The molecule has 0 bridgehead atoms. The van der Waals surface area contributed by atoms with E-state index in [0.717, 1.165) is 18.2 Å². The summed E-state index contributed by atoms with van der Waals surface area (Å²) in [6.07, 6.45) is -2.67. The first-order chi connectivity index (χ1) is 18.4. The summed E-state index contributed by atoms with van der Waals surface area (Å²) in [4.78, 5) is 16.5. The molecule has 1 N–H and O–H groups in total. The molecule has 206 valence electrons. The Morgan fingerprint density at radius 3 is 2.51 bits per heavy atom. The molecule has 0 aliphatic carbocycles. The first-order valence-electron chi connectivity index (χ1n) is 12.0. The second-order valence-electron chi connectivity index (χ2n) is 9.94. The van der Waals surface area contributed by atoms with E-state index in [4.69, 9.17) is 25.8 Å². The topological polar surface area (TPSA) is 74.6 Å². The van der Waals surface area contributed by atoms with Crippen molar-refractivity contribution in [2.45, 2.75) is 38.6 Å². The third kappa shape index (κ3) is 7.52. The van der Waals surface area contributed by atoms with Crippen LogP contribution in [0.1, 0.15) is 5.56 Å². The molecule has 0 saturated carbocycles. The number of aromatic nitrogens is 2. The van der Waals surface area contributed by atoms with Gasteiger partial charge in [-0.05, 0) is 42.4 Å². The lowest BCUT2D eigenvalue weighted by molar-refractivity contribution is -0.138. The molecular weight excluding hydrogens is 551 g/mol. The highest BCUT2D eigenvalue weighted by molar-refractivity contribution is 6.76. The fourth-order valence-corrected chi connectivity index (χ4v) is 4.69. The van der Waals surface area contributed by atoms with Crippen LogP contribution in [0.15, 0.2) is 67.0 Å². The zero-order chi connectivity index (χ0) is 28.2. The van der Waals surface area contributed by atoms with Gasteiger partial charge < -0.3 is 18.8 Å². The minimum Gasteiger partial charge on any atom is -0.456 e. The normalized spacial score (nSPS) is 12.0. The van der Waals surface area contributed by atoms with Gasteiger partial charge in [0.2, 0.25) is 0 Å². The third-order valence-corrected chi connectivity index (χ3v) is 7.60. The number of nitrogens with one attached hydrogen (secondary N) is 1. The number of pyridine rings is 1. The second-order valence-corrected chi connectivity index (χ2v) is 16.0. The molecular formula is C27H27ClF3N3O4Si. The van der Waals surface area contributed by atoms with Gasteiger partial charge in [0, 0.05) is 32.8 Å². The minimum atomic E-state index is -4.78. The number of ether oxygens (including phenoxy) is 3. The summed E-state index contributed by atoms with van der Waals surface area (Å²) in [5.74, 6) is -0.120. The van der Waals surface area contributed by atoms with E-state index in [1.807, 2.05) is 0 Å². The molecule has 2 aromatic heterocycles. The van der Waals surface area contributed by atoms with Crippen molar-refractivity contribution < 1.29 is 32.2 Å². The van der Waals surface area contributed by atoms with Crippen LogP contribution in [0.4, 0.5) is 23.7 Å². The average molecular weight is 578 g/mol. The quantitative estimate of drug-likeness (QED) is 0.160. The van der Waals surface area contributed by atoms with Crippen molar-refractivity contribution in [3.63, 3.8) is 0 Å². The monoisotopic (exact) mass is 577 g/mol. The van der Waals surface area contributed by atoms with E-state index in [1.54, 1.807) is 41.1 Å². The summed E-state index contributed by atoms with van der Waals surface area (Å²) in [5, 5.41) is 2.92. The molecule has 0 aliphatic rings. The van der Waals surface area contributed by atoms with Gasteiger partial charge in [-0.2, -0.15) is 13.2 Å². The lowest BCUT2D eigenvalue weighted by Gasteiger charge is -2.16. The van der Waals surface area contributed by atoms with Crippen molar-refractivity contribution in [1.82, 2.24) is 9.55 Å². The lowest BCUT2D eigenvalue weighted by Crippen LogP contribution is -2.22. The Hall–Kier alpha value is -3.54. The van der Waals surface area contributed by atoms with Crippen LogP contribution in [0.25, 0.3) is 11.0 Å². The van der Waals surface area contributed by atoms with Crippen LogP contribution in [0, 0.1) is 0 Å². The van der Waals surface area contributed by atoms with Crippen molar-refractivity contribution in [3.05, 3.63) is 77.6 Å². The van der Waals surface area contributed by atoms with E-state index < -0.39 is 31.7 Å². The van der Waals surface area contributed by atoms with E-state index in [9.17, 15) is 18.0 Å². The van der Waals surface area contributed by atoms with Gasteiger partial charge in [-0.3, -0.25) is 5.32 Å². The maximum absolute atomic E-state index is 14.0. The van der Waals surface area contributed by atoms with Gasteiger partial charge in [-0.15, -0.1) is 0 Å². The standard InChI is InChI=1S/C27H27ClF3N3O4Si/c1-39(2,3)14-13-36-17-34-16-21(28)24-23(11-12-32-25(24)34)38-22-10-9-18(15-20(22)27(29,30)31)33-26(35)37-19-7-5-4-6-8-19/h4-12,15-16H,13-14,17H2,1-3H3,(H,33,35). The van der Waals surface area contributed by atoms with Crippen LogP contribution in [0.5, 0.6) is 17.2 Å². The summed E-state index contributed by atoms with van der Waals surface area (Å²) in [6.45, 7) is 7.52. The van der Waals surface area contributed by atoms with Crippen molar-refractivity contribution >= 4 is 42.5 Å². The molecule has 0 unspecified atom stereocenters. The predicted molar refractivity (Wildman–Crippen MR) is 146 cm³/mol. The molecule has 12 heteroatoms. The number of amides is 1. The number of halogens is 4. The summed E-state index contributed by atoms with van der Waals surface area (Å²) < 4.78 is 60.3. The van der Waals surface area contributed by atoms with Gasteiger partial charge in [0.05, 0.1) is 10.4 Å². The number of anilines is 1. The van der Waals surface area contributed by atoms with E-state index in [0.29, 0.717) is 17.6 Å². The molecule has 39 heavy (non-hydrogen) atoms. The highest BCUT2D eigenvalue weighted by atomic mass is 35.5. The van der Waals surface area contributed by atoms with Crippen LogP contribution in [-0.2, 0) is 17.6 Å². The van der Waals surface area contributed by atoms with E-state index >= 15 is 0 Å². The summed E-state index contributed by atoms with van der Waals surface area (Å²) in [5.41, 5.74) is -0.786. The lowest BCUT2D eigenvalue weighted by atomic mass is 10.1. The molecule has 2 aromatic carbocycles. The molecule has 0 fully saturated rings. The van der Waals surface area contributed by atoms with E-state index in [2.05, 4.69) is 29.9 Å². The Kier molecular flexibility index (Phi) is 8.53. The Bertz CT molecular complexity index is 1460. The fraction of sp³-hybridized carbons (Fsp3) is 0.259. The van der Waals surface area contributed by atoms with Crippen LogP contribution in [0.3, 0.4) is 0 Å².